The van der Waals surface area contributed by atoms with E-state index in [0.29, 0.717) is 22.7 Å². The molecule has 2 N–H and O–H groups in total. The fourth-order valence-corrected chi connectivity index (χ4v) is 2.83. The molecule has 8 nitrogen and oxygen atoms in total. The third-order valence-corrected chi connectivity index (χ3v) is 4.33. The molecule has 2 aromatic carbocycles. The van der Waals surface area contributed by atoms with Gasteiger partial charge < -0.3 is 10.6 Å². The molecule has 0 spiro atoms. The molecule has 2 aromatic heterocycles. The Morgan fingerprint density at radius 3 is 2.45 bits per heavy atom. The van der Waals surface area contributed by atoms with E-state index < -0.39 is 0 Å². The average molecular weight is 386 g/mol. The van der Waals surface area contributed by atoms with E-state index in [2.05, 4.69) is 25.9 Å². The van der Waals surface area contributed by atoms with Crippen LogP contribution in [0.25, 0.3) is 16.9 Å². The minimum atomic E-state index is -0.304. The Morgan fingerprint density at radius 1 is 0.931 bits per heavy atom. The summed E-state index contributed by atoms with van der Waals surface area (Å²) in [7, 11) is 0. The molecule has 4 rings (SSSR count). The van der Waals surface area contributed by atoms with E-state index in [1.165, 1.54) is 0 Å². The number of aryl methyl sites for hydroxylation is 1. The fourth-order valence-electron chi connectivity index (χ4n) is 2.83. The van der Waals surface area contributed by atoms with Crippen LogP contribution in [0.3, 0.4) is 0 Å². The molecular formula is C21H18N6O2. The van der Waals surface area contributed by atoms with Crippen LogP contribution >= 0.6 is 0 Å². The number of hydrogen-bond donors (Lipinski definition) is 2. The molecule has 0 radical (unpaired) electrons. The molecule has 0 aliphatic carbocycles. The lowest BCUT2D eigenvalue weighted by molar-refractivity contribution is -0.115. The SMILES string of the molecule is Cc1nnc2ccc(-c3ccc(NC(=O)CNC(=O)c4ccccc4)cc3)nn12. The summed E-state index contributed by atoms with van der Waals surface area (Å²) in [5, 5.41) is 17.9. The van der Waals surface area contributed by atoms with Crippen LogP contribution in [0.1, 0.15) is 16.2 Å². The van der Waals surface area contributed by atoms with Gasteiger partial charge in [0.05, 0.1) is 12.2 Å². The van der Waals surface area contributed by atoms with Crippen LogP contribution in [0.4, 0.5) is 5.69 Å². The zero-order valence-corrected chi connectivity index (χ0v) is 15.7. The van der Waals surface area contributed by atoms with Crippen molar-refractivity contribution in [3.8, 4) is 11.3 Å². The summed E-state index contributed by atoms with van der Waals surface area (Å²) < 4.78 is 1.68. The largest absolute Gasteiger partial charge is 0.343 e. The van der Waals surface area contributed by atoms with Crippen molar-refractivity contribution in [1.82, 2.24) is 25.1 Å². The first-order valence-electron chi connectivity index (χ1n) is 9.03. The molecule has 0 aliphatic heterocycles. The predicted octanol–water partition coefficient (Wildman–Crippen LogP) is 2.47. The van der Waals surface area contributed by atoms with Crippen molar-refractivity contribution in [2.45, 2.75) is 6.92 Å². The van der Waals surface area contributed by atoms with E-state index in [-0.39, 0.29) is 18.4 Å². The van der Waals surface area contributed by atoms with Gasteiger partial charge in [0.25, 0.3) is 5.91 Å². The van der Waals surface area contributed by atoms with Crippen LogP contribution in [-0.4, -0.2) is 38.2 Å². The smallest absolute Gasteiger partial charge is 0.251 e. The fraction of sp³-hybridized carbons (Fsp3) is 0.0952. The molecule has 2 heterocycles. The number of hydrogen-bond acceptors (Lipinski definition) is 5. The Morgan fingerprint density at radius 2 is 1.69 bits per heavy atom. The highest BCUT2D eigenvalue weighted by atomic mass is 16.2. The van der Waals surface area contributed by atoms with Crippen LogP contribution in [0.2, 0.25) is 0 Å². The molecule has 4 aromatic rings. The number of anilines is 1. The van der Waals surface area contributed by atoms with E-state index >= 15 is 0 Å². The first-order valence-corrected chi connectivity index (χ1v) is 9.03. The van der Waals surface area contributed by atoms with Gasteiger partial charge in [-0.3, -0.25) is 9.59 Å². The average Bonchev–Trinajstić information content (AvgIpc) is 3.13. The molecule has 0 unspecified atom stereocenters. The molecule has 0 saturated heterocycles. The second-order valence-corrected chi connectivity index (χ2v) is 6.41. The van der Waals surface area contributed by atoms with Crippen molar-refractivity contribution in [1.29, 1.82) is 0 Å². The maximum atomic E-state index is 12.1. The number of nitrogens with zero attached hydrogens (tertiary/aromatic N) is 4. The quantitative estimate of drug-likeness (QED) is 0.549. The van der Waals surface area contributed by atoms with E-state index in [9.17, 15) is 9.59 Å². The first-order chi connectivity index (χ1) is 14.1. The predicted molar refractivity (Wildman–Crippen MR) is 108 cm³/mol. The van der Waals surface area contributed by atoms with Gasteiger partial charge in [-0.25, -0.2) is 0 Å². The van der Waals surface area contributed by atoms with Gasteiger partial charge in [-0.15, -0.1) is 10.2 Å². The summed E-state index contributed by atoms with van der Waals surface area (Å²) in [6, 6.07) is 19.8. The summed E-state index contributed by atoms with van der Waals surface area (Å²) in [4.78, 5) is 24.1. The highest BCUT2D eigenvalue weighted by Gasteiger charge is 2.09. The zero-order chi connectivity index (χ0) is 20.2. The molecule has 0 bridgehead atoms. The Kier molecular flexibility index (Phi) is 4.98. The summed E-state index contributed by atoms with van der Waals surface area (Å²) in [6.45, 7) is 1.73. The number of benzene rings is 2. The van der Waals surface area contributed by atoms with E-state index in [1.54, 1.807) is 40.9 Å². The second kappa shape index (κ2) is 7.89. The summed E-state index contributed by atoms with van der Waals surface area (Å²) in [6.07, 6.45) is 0. The summed E-state index contributed by atoms with van der Waals surface area (Å²) >= 11 is 0. The Labute approximate surface area is 166 Å². The van der Waals surface area contributed by atoms with E-state index in [1.807, 2.05) is 37.3 Å². The lowest BCUT2D eigenvalue weighted by Crippen LogP contribution is -2.32. The molecule has 29 heavy (non-hydrogen) atoms. The van der Waals surface area contributed by atoms with Crippen molar-refractivity contribution in [3.63, 3.8) is 0 Å². The minimum absolute atomic E-state index is 0.111. The molecule has 0 aliphatic rings. The second-order valence-electron chi connectivity index (χ2n) is 6.41. The summed E-state index contributed by atoms with van der Waals surface area (Å²) in [5.74, 6) is 0.117. The Balaban J connectivity index is 1.38. The zero-order valence-electron chi connectivity index (χ0n) is 15.7. The van der Waals surface area contributed by atoms with Crippen LogP contribution in [0.15, 0.2) is 66.7 Å². The van der Waals surface area contributed by atoms with E-state index in [0.717, 1.165) is 11.3 Å². The van der Waals surface area contributed by atoms with Crippen LogP contribution in [0, 0.1) is 6.92 Å². The van der Waals surface area contributed by atoms with Gasteiger partial charge in [-0.1, -0.05) is 30.3 Å². The maximum Gasteiger partial charge on any atom is 0.251 e. The Bertz CT molecular complexity index is 1170. The maximum absolute atomic E-state index is 12.1. The van der Waals surface area contributed by atoms with E-state index in [4.69, 9.17) is 0 Å². The number of carbonyl (C=O) groups is 2. The third kappa shape index (κ3) is 4.11. The van der Waals surface area contributed by atoms with Crippen LogP contribution in [0.5, 0.6) is 0 Å². The van der Waals surface area contributed by atoms with Crippen molar-refractivity contribution in [2.75, 3.05) is 11.9 Å². The monoisotopic (exact) mass is 386 g/mol. The Hall–Kier alpha value is -4.07. The van der Waals surface area contributed by atoms with Crippen LogP contribution < -0.4 is 10.6 Å². The van der Waals surface area contributed by atoms with Crippen LogP contribution in [-0.2, 0) is 4.79 Å². The first kappa shape index (κ1) is 18.3. The highest BCUT2D eigenvalue weighted by molar-refractivity contribution is 5.99. The van der Waals surface area contributed by atoms with Gasteiger partial charge in [0.1, 0.15) is 0 Å². The normalized spacial score (nSPS) is 10.7. The topological polar surface area (TPSA) is 101 Å². The molecule has 0 saturated carbocycles. The van der Waals surface area contributed by atoms with Gasteiger partial charge in [-0.2, -0.15) is 9.61 Å². The number of rotatable bonds is 5. The lowest BCUT2D eigenvalue weighted by Gasteiger charge is -2.08. The standard InChI is InChI=1S/C21H18N6O2/c1-14-24-25-19-12-11-18(26-27(14)19)15-7-9-17(10-8-15)23-20(28)13-22-21(29)16-5-3-2-4-6-16/h2-12H,13H2,1H3,(H,22,29)(H,23,28). The minimum Gasteiger partial charge on any atom is -0.343 e. The van der Waals surface area contributed by atoms with Gasteiger partial charge in [0.2, 0.25) is 5.91 Å². The van der Waals surface area contributed by atoms with Crippen molar-refractivity contribution in [2.24, 2.45) is 0 Å². The van der Waals surface area contributed by atoms with Gasteiger partial charge in [-0.05, 0) is 43.3 Å². The molecule has 8 heteroatoms. The van der Waals surface area contributed by atoms with Gasteiger partial charge in [0, 0.05) is 16.8 Å². The van der Waals surface area contributed by atoms with Crippen molar-refractivity contribution in [3.05, 3.63) is 78.1 Å². The molecule has 0 fully saturated rings. The molecule has 144 valence electrons. The van der Waals surface area contributed by atoms with Gasteiger partial charge in [0.15, 0.2) is 11.5 Å². The van der Waals surface area contributed by atoms with Crippen molar-refractivity contribution < 1.29 is 9.59 Å². The number of fused-ring (bicyclic) bond motifs is 1. The molecule has 0 atom stereocenters. The van der Waals surface area contributed by atoms with Gasteiger partial charge >= 0.3 is 0 Å². The number of amides is 2. The molecular weight excluding hydrogens is 368 g/mol. The highest BCUT2D eigenvalue weighted by Crippen LogP contribution is 2.20. The molecule has 2 amide bonds. The van der Waals surface area contributed by atoms with Crippen molar-refractivity contribution >= 4 is 23.1 Å². The number of carbonyl (C=O) groups excluding carboxylic acids is 2. The third-order valence-electron chi connectivity index (χ3n) is 4.33. The summed E-state index contributed by atoms with van der Waals surface area (Å²) in [5.41, 5.74) is 3.50. The number of aromatic nitrogens is 4. The lowest BCUT2D eigenvalue weighted by atomic mass is 10.1. The number of nitrogens with one attached hydrogen (secondary N) is 2.